The van der Waals surface area contributed by atoms with E-state index in [0.717, 1.165) is 0 Å². The number of fused-ring (bicyclic) bond motifs is 2. The molecule has 0 aliphatic carbocycles. The van der Waals surface area contributed by atoms with Crippen molar-refractivity contribution in [2.24, 2.45) is 0 Å². The molecular weight excluding hydrogens is 680 g/mol. The van der Waals surface area contributed by atoms with Gasteiger partial charge in [-0.3, -0.25) is 0 Å². The van der Waals surface area contributed by atoms with Crippen LogP contribution >= 0.6 is 15.8 Å². The van der Waals surface area contributed by atoms with Gasteiger partial charge in [0.05, 0.1) is 0 Å². The molecule has 4 aromatic carbocycles. The number of aryl methyl sites for hydroxylation is 4. The van der Waals surface area contributed by atoms with Crippen LogP contribution in [0, 0.1) is 27.7 Å². The summed E-state index contributed by atoms with van der Waals surface area (Å²) in [5.74, 6) is 0. The summed E-state index contributed by atoms with van der Waals surface area (Å²) in [6.45, 7) is 37.6. The summed E-state index contributed by atoms with van der Waals surface area (Å²) >= 11 is 0. The van der Waals surface area contributed by atoms with Crippen molar-refractivity contribution in [1.29, 1.82) is 0 Å². The average Bonchev–Trinajstić information content (AvgIpc) is 3.36. The Kier molecular flexibility index (Phi) is 15.3. The zero-order valence-corrected chi connectivity index (χ0v) is 35.5. The molecule has 0 fully saturated rings. The van der Waals surface area contributed by atoms with Crippen LogP contribution in [-0.2, 0) is 26.2 Å². The molecule has 0 saturated heterocycles. The van der Waals surface area contributed by atoms with Crippen LogP contribution in [0.15, 0.2) is 48.5 Å². The molecule has 0 radical (unpaired) electrons. The molecule has 4 rings (SSSR count). The molecule has 4 aromatic rings. The van der Waals surface area contributed by atoms with Crippen LogP contribution in [-0.4, -0.2) is 20.6 Å². The zero-order valence-electron chi connectivity index (χ0n) is 29.8. The molecule has 0 amide bonds. The number of hydrogen-bond acceptors (Lipinski definition) is 0. The van der Waals surface area contributed by atoms with Crippen molar-refractivity contribution in [3.05, 3.63) is 70.8 Å². The van der Waals surface area contributed by atoms with E-state index in [-0.39, 0.29) is 66.9 Å². The number of rotatable bonds is 2. The molecule has 0 aliphatic heterocycles. The molecule has 0 aromatic heterocycles. The van der Waals surface area contributed by atoms with Gasteiger partial charge in [0.15, 0.2) is 0 Å². The molecule has 0 aliphatic rings. The maximum absolute atomic E-state index is 2.46. The molecule has 43 heavy (non-hydrogen) atoms. The van der Waals surface area contributed by atoms with Gasteiger partial charge in [-0.2, -0.15) is 12.1 Å². The first kappa shape index (κ1) is 43.0. The van der Waals surface area contributed by atoms with E-state index in [0.29, 0.717) is 20.6 Å². The van der Waals surface area contributed by atoms with Crippen molar-refractivity contribution in [3.8, 4) is 0 Å². The third kappa shape index (κ3) is 9.99. The summed E-state index contributed by atoms with van der Waals surface area (Å²) in [5, 5.41) is 10.2. The quantitative estimate of drug-likeness (QED) is 0.182. The monoisotopic (exact) mass is 734 g/mol. The number of benzene rings is 2. The van der Waals surface area contributed by atoms with Gasteiger partial charge in [0.25, 0.3) is 0 Å². The van der Waals surface area contributed by atoms with Gasteiger partial charge in [-0.05, 0) is 34.5 Å². The van der Waals surface area contributed by atoms with Crippen molar-refractivity contribution >= 4 is 48.0 Å². The van der Waals surface area contributed by atoms with Gasteiger partial charge in [0.2, 0.25) is 0 Å². The summed E-state index contributed by atoms with van der Waals surface area (Å²) in [6, 6.07) is 18.8. The Balaban J connectivity index is 0.000000767. The van der Waals surface area contributed by atoms with Gasteiger partial charge >= 0.3 is 26.2 Å². The third-order valence-corrected chi connectivity index (χ3v) is 14.7. The fourth-order valence-electron chi connectivity index (χ4n) is 6.97. The second-order valence-corrected chi connectivity index (χ2v) is 23.6. The fraction of sp³-hybridized carbons (Fsp3) is 0.526. The average molecular weight is 737 g/mol. The van der Waals surface area contributed by atoms with E-state index >= 15 is 0 Å². The van der Waals surface area contributed by atoms with E-state index < -0.39 is 0 Å². The van der Waals surface area contributed by atoms with Crippen molar-refractivity contribution in [1.82, 2.24) is 0 Å². The molecular formula is C38H56Cl2P2Zr. The summed E-state index contributed by atoms with van der Waals surface area (Å²) in [4.78, 5) is 0. The Morgan fingerprint density at radius 1 is 0.442 bits per heavy atom. The molecule has 0 nitrogen and oxygen atoms in total. The fourth-order valence-corrected chi connectivity index (χ4v) is 15.1. The molecule has 236 valence electrons. The Hall–Kier alpha value is -0.0169. The van der Waals surface area contributed by atoms with E-state index in [4.69, 9.17) is 0 Å². The van der Waals surface area contributed by atoms with Crippen LogP contribution in [0.25, 0.3) is 21.5 Å². The maximum atomic E-state index is 2.46. The predicted octanol–water partition coefficient (Wildman–Crippen LogP) is 5.76. The van der Waals surface area contributed by atoms with Crippen molar-refractivity contribution in [2.45, 2.75) is 131 Å². The molecule has 0 bridgehead atoms. The van der Waals surface area contributed by atoms with Crippen LogP contribution in [0.1, 0.15) is 105 Å². The second kappa shape index (κ2) is 15.3. The Bertz CT molecular complexity index is 1260. The Morgan fingerprint density at radius 2 is 0.674 bits per heavy atom. The molecule has 0 N–H and O–H groups in total. The first-order chi connectivity index (χ1) is 18.0. The van der Waals surface area contributed by atoms with Gasteiger partial charge in [0, 0.05) is 0 Å². The van der Waals surface area contributed by atoms with Crippen LogP contribution < -0.4 is 35.4 Å². The van der Waals surface area contributed by atoms with E-state index in [1.807, 2.05) is 0 Å². The van der Waals surface area contributed by atoms with Crippen molar-refractivity contribution in [3.63, 3.8) is 0 Å². The van der Waals surface area contributed by atoms with Crippen LogP contribution in [0.3, 0.4) is 0 Å². The zero-order chi connectivity index (χ0) is 30.6. The summed E-state index contributed by atoms with van der Waals surface area (Å²) < 4.78 is 0. The molecule has 0 heterocycles. The first-order valence-electron chi connectivity index (χ1n) is 15.0. The van der Waals surface area contributed by atoms with Crippen molar-refractivity contribution in [2.75, 3.05) is 0 Å². The minimum absolute atomic E-state index is 0. The summed E-state index contributed by atoms with van der Waals surface area (Å²) in [5.41, 5.74) is 5.59. The van der Waals surface area contributed by atoms with Gasteiger partial charge in [-0.15, -0.1) is 67.5 Å². The van der Waals surface area contributed by atoms with Gasteiger partial charge in [-0.1, -0.05) is 136 Å². The van der Waals surface area contributed by atoms with Gasteiger partial charge < -0.3 is 24.8 Å². The Labute approximate surface area is 299 Å². The summed E-state index contributed by atoms with van der Waals surface area (Å²) in [7, 11) is -0.419. The summed E-state index contributed by atoms with van der Waals surface area (Å²) in [6.07, 6.45) is 0. The smallest absolute Gasteiger partial charge is 1.00 e. The maximum Gasteiger partial charge on any atom is 4.00 e. The molecule has 0 saturated carbocycles. The normalized spacial score (nSPS) is 12.5. The van der Waals surface area contributed by atoms with Crippen LogP contribution in [0.4, 0.5) is 0 Å². The topological polar surface area (TPSA) is 0 Å². The Morgan fingerprint density at radius 3 is 0.884 bits per heavy atom. The first-order valence-corrected chi connectivity index (χ1v) is 17.7. The molecule has 0 spiro atoms. The largest absolute Gasteiger partial charge is 4.00 e. The van der Waals surface area contributed by atoms with E-state index in [2.05, 4.69) is 159 Å². The standard InChI is InChI=1S/2C19H28P.2ClH.Zr/c2*1-13-9-10-14(2)17-12-15(11-16(13)17)20(18(3,4)5)19(6,7)8;;;/h2*9-12H,1-8H3;2*1H;/q2*-1;;;+4/p-2. The van der Waals surface area contributed by atoms with E-state index in [1.165, 1.54) is 43.8 Å². The van der Waals surface area contributed by atoms with Crippen LogP contribution in [0.5, 0.6) is 0 Å². The third-order valence-electron chi connectivity index (χ3n) is 7.81. The SMILES string of the molecule is Cc1ccc(C)c2[cH-]c(P(C(C)(C)C)C(C)(C)C)cc12.Cc1ccc(C)c2[cH-]c(P(C(C)(C)C)C(C)(C)C)cc12.[Cl-].[Cl-].[Zr+4]. The molecule has 0 unspecified atom stereocenters. The number of halogens is 2. The minimum Gasteiger partial charge on any atom is -1.00 e. The van der Waals surface area contributed by atoms with E-state index in [9.17, 15) is 0 Å². The van der Waals surface area contributed by atoms with E-state index in [1.54, 1.807) is 10.6 Å². The molecule has 5 heteroatoms. The minimum atomic E-state index is -0.209. The molecule has 0 atom stereocenters. The predicted molar refractivity (Wildman–Crippen MR) is 190 cm³/mol. The second-order valence-electron chi connectivity index (χ2n) is 15.8. The van der Waals surface area contributed by atoms with Gasteiger partial charge in [0.1, 0.15) is 0 Å². The van der Waals surface area contributed by atoms with Gasteiger partial charge in [-0.25, -0.2) is 0 Å². The number of hydrogen-bond donors (Lipinski definition) is 0. The van der Waals surface area contributed by atoms with Crippen molar-refractivity contribution < 1.29 is 51.0 Å². The van der Waals surface area contributed by atoms with Crippen LogP contribution in [0.2, 0.25) is 0 Å².